The highest BCUT2D eigenvalue weighted by Crippen LogP contribution is 2.36. The Hall–Kier alpha value is -1.42. The van der Waals surface area contributed by atoms with Crippen LogP contribution in [0.25, 0.3) is 0 Å². The van der Waals surface area contributed by atoms with E-state index in [1.54, 1.807) is 0 Å². The molecule has 17 heavy (non-hydrogen) atoms. The van der Waals surface area contributed by atoms with Gasteiger partial charge < -0.3 is 14.5 Å². The molecule has 0 bridgehead atoms. The SMILES string of the molecule is Cc1ccc(C2CNc3cc(Br)ccc3O2)o1. The van der Waals surface area contributed by atoms with Gasteiger partial charge in [-0.05, 0) is 37.3 Å². The van der Waals surface area contributed by atoms with Crippen molar-refractivity contribution in [1.82, 2.24) is 0 Å². The summed E-state index contributed by atoms with van der Waals surface area (Å²) in [6, 6.07) is 9.85. The summed E-state index contributed by atoms with van der Waals surface area (Å²) in [4.78, 5) is 0. The van der Waals surface area contributed by atoms with Crippen molar-refractivity contribution in [3.8, 4) is 5.75 Å². The van der Waals surface area contributed by atoms with Crippen molar-refractivity contribution in [2.24, 2.45) is 0 Å². The second kappa shape index (κ2) is 4.11. The number of anilines is 1. The summed E-state index contributed by atoms with van der Waals surface area (Å²) in [5.41, 5.74) is 1.01. The van der Waals surface area contributed by atoms with Crippen molar-refractivity contribution in [2.45, 2.75) is 13.0 Å². The molecule has 0 saturated carbocycles. The average molecular weight is 294 g/mol. The average Bonchev–Trinajstić information content (AvgIpc) is 2.75. The summed E-state index contributed by atoms with van der Waals surface area (Å²) in [7, 11) is 0. The van der Waals surface area contributed by atoms with Crippen molar-refractivity contribution < 1.29 is 9.15 Å². The lowest BCUT2D eigenvalue weighted by molar-refractivity contribution is 0.179. The molecule has 2 heterocycles. The molecule has 0 radical (unpaired) electrons. The van der Waals surface area contributed by atoms with Crippen LogP contribution >= 0.6 is 15.9 Å². The normalized spacial score (nSPS) is 18.1. The maximum atomic E-state index is 5.91. The Balaban J connectivity index is 1.88. The second-order valence-corrected chi connectivity index (χ2v) is 4.99. The number of benzene rings is 1. The predicted molar refractivity (Wildman–Crippen MR) is 69.4 cm³/mol. The fourth-order valence-corrected chi connectivity index (χ4v) is 2.29. The van der Waals surface area contributed by atoms with Crippen LogP contribution in [0, 0.1) is 6.92 Å². The topological polar surface area (TPSA) is 34.4 Å². The third-order valence-electron chi connectivity index (χ3n) is 2.77. The van der Waals surface area contributed by atoms with Gasteiger partial charge in [0.15, 0.2) is 6.10 Å². The van der Waals surface area contributed by atoms with E-state index in [4.69, 9.17) is 9.15 Å². The first-order chi connectivity index (χ1) is 8.22. The predicted octanol–water partition coefficient (Wildman–Crippen LogP) is 3.90. The standard InChI is InChI=1S/C13H12BrNO2/c1-8-2-4-12(16-8)13-7-15-10-6-9(14)3-5-11(10)17-13/h2-6,13,15H,7H2,1H3. The summed E-state index contributed by atoms with van der Waals surface area (Å²) in [5, 5.41) is 3.35. The Morgan fingerprint density at radius 2 is 2.18 bits per heavy atom. The molecule has 1 aromatic carbocycles. The number of rotatable bonds is 1. The van der Waals surface area contributed by atoms with Gasteiger partial charge in [0.2, 0.25) is 0 Å². The van der Waals surface area contributed by atoms with E-state index in [9.17, 15) is 0 Å². The van der Waals surface area contributed by atoms with E-state index in [1.165, 1.54) is 0 Å². The number of hydrogen-bond acceptors (Lipinski definition) is 3. The van der Waals surface area contributed by atoms with Gasteiger partial charge in [-0.2, -0.15) is 0 Å². The quantitative estimate of drug-likeness (QED) is 0.866. The van der Waals surface area contributed by atoms with Crippen molar-refractivity contribution >= 4 is 21.6 Å². The molecular weight excluding hydrogens is 282 g/mol. The van der Waals surface area contributed by atoms with Crippen LogP contribution in [0.3, 0.4) is 0 Å². The largest absolute Gasteiger partial charge is 0.478 e. The van der Waals surface area contributed by atoms with Crippen molar-refractivity contribution in [3.63, 3.8) is 0 Å². The minimum absolute atomic E-state index is 0.0580. The van der Waals surface area contributed by atoms with Gasteiger partial charge in [0, 0.05) is 4.47 Å². The van der Waals surface area contributed by atoms with Crippen LogP contribution < -0.4 is 10.1 Å². The van der Waals surface area contributed by atoms with E-state index in [0.29, 0.717) is 0 Å². The van der Waals surface area contributed by atoms with Crippen molar-refractivity contribution in [3.05, 3.63) is 46.3 Å². The summed E-state index contributed by atoms with van der Waals surface area (Å²) in [6.45, 7) is 2.65. The van der Waals surface area contributed by atoms with Gasteiger partial charge in [0.1, 0.15) is 17.3 Å². The molecule has 4 heteroatoms. The van der Waals surface area contributed by atoms with Crippen LogP contribution in [0.2, 0.25) is 0 Å². The summed E-state index contributed by atoms with van der Waals surface area (Å²) in [5.74, 6) is 2.63. The Kier molecular flexibility index (Phi) is 2.59. The Labute approximate surface area is 108 Å². The molecule has 1 atom stereocenters. The summed E-state index contributed by atoms with van der Waals surface area (Å²) in [6.07, 6.45) is -0.0580. The molecule has 1 aliphatic heterocycles. The molecule has 88 valence electrons. The lowest BCUT2D eigenvalue weighted by atomic mass is 10.2. The molecule has 3 rings (SSSR count). The van der Waals surface area contributed by atoms with Gasteiger partial charge in [-0.15, -0.1) is 0 Å². The van der Waals surface area contributed by atoms with Gasteiger partial charge >= 0.3 is 0 Å². The lowest BCUT2D eigenvalue weighted by Gasteiger charge is -2.26. The molecule has 0 fully saturated rings. The minimum Gasteiger partial charge on any atom is -0.478 e. The Bertz CT molecular complexity index is 550. The van der Waals surface area contributed by atoms with E-state index >= 15 is 0 Å². The lowest BCUT2D eigenvalue weighted by Crippen LogP contribution is -2.23. The highest BCUT2D eigenvalue weighted by atomic mass is 79.9. The number of halogens is 1. The first-order valence-corrected chi connectivity index (χ1v) is 6.28. The van der Waals surface area contributed by atoms with Crippen LogP contribution in [0.15, 0.2) is 39.2 Å². The number of fused-ring (bicyclic) bond motifs is 1. The van der Waals surface area contributed by atoms with Crippen LogP contribution in [-0.4, -0.2) is 6.54 Å². The van der Waals surface area contributed by atoms with Crippen LogP contribution in [0.5, 0.6) is 5.75 Å². The fraction of sp³-hybridized carbons (Fsp3) is 0.231. The number of nitrogens with one attached hydrogen (secondary N) is 1. The Morgan fingerprint density at radius 3 is 2.94 bits per heavy atom. The van der Waals surface area contributed by atoms with Crippen LogP contribution in [0.4, 0.5) is 5.69 Å². The smallest absolute Gasteiger partial charge is 0.173 e. The van der Waals surface area contributed by atoms with E-state index < -0.39 is 0 Å². The zero-order valence-corrected chi connectivity index (χ0v) is 11.0. The maximum Gasteiger partial charge on any atom is 0.173 e. The van der Waals surface area contributed by atoms with E-state index in [0.717, 1.165) is 34.0 Å². The zero-order chi connectivity index (χ0) is 11.8. The number of furan rings is 1. The summed E-state index contributed by atoms with van der Waals surface area (Å²) < 4.78 is 12.5. The molecular formula is C13H12BrNO2. The first-order valence-electron chi connectivity index (χ1n) is 5.49. The van der Waals surface area contributed by atoms with Gasteiger partial charge in [0.05, 0.1) is 12.2 Å². The molecule has 0 amide bonds. The highest BCUT2D eigenvalue weighted by Gasteiger charge is 2.23. The second-order valence-electron chi connectivity index (χ2n) is 4.08. The molecule has 1 aromatic heterocycles. The van der Waals surface area contributed by atoms with E-state index in [2.05, 4.69) is 21.2 Å². The molecule has 1 N–H and O–H groups in total. The highest BCUT2D eigenvalue weighted by molar-refractivity contribution is 9.10. The van der Waals surface area contributed by atoms with Crippen molar-refractivity contribution in [2.75, 3.05) is 11.9 Å². The van der Waals surface area contributed by atoms with E-state index in [-0.39, 0.29) is 6.10 Å². The van der Waals surface area contributed by atoms with Crippen LogP contribution in [0.1, 0.15) is 17.6 Å². The number of aryl methyl sites for hydroxylation is 1. The summed E-state index contributed by atoms with van der Waals surface area (Å²) >= 11 is 3.44. The fourth-order valence-electron chi connectivity index (χ4n) is 1.93. The molecule has 1 unspecified atom stereocenters. The third-order valence-corrected chi connectivity index (χ3v) is 3.26. The molecule has 0 saturated heterocycles. The monoisotopic (exact) mass is 293 g/mol. The van der Waals surface area contributed by atoms with E-state index in [1.807, 2.05) is 37.3 Å². The van der Waals surface area contributed by atoms with Gasteiger partial charge in [-0.25, -0.2) is 0 Å². The number of ether oxygens (including phenoxy) is 1. The molecule has 0 spiro atoms. The number of hydrogen-bond donors (Lipinski definition) is 1. The van der Waals surface area contributed by atoms with Crippen LogP contribution in [-0.2, 0) is 0 Å². The first kappa shape index (κ1) is 10.7. The third kappa shape index (κ3) is 2.05. The molecule has 0 aliphatic carbocycles. The van der Waals surface area contributed by atoms with Crippen molar-refractivity contribution in [1.29, 1.82) is 0 Å². The molecule has 2 aromatic rings. The Morgan fingerprint density at radius 1 is 1.29 bits per heavy atom. The van der Waals surface area contributed by atoms with Gasteiger partial charge in [-0.3, -0.25) is 0 Å². The maximum absolute atomic E-state index is 5.91. The zero-order valence-electron chi connectivity index (χ0n) is 9.37. The molecule has 1 aliphatic rings. The van der Waals surface area contributed by atoms with Gasteiger partial charge in [-0.1, -0.05) is 15.9 Å². The minimum atomic E-state index is -0.0580. The van der Waals surface area contributed by atoms with Gasteiger partial charge in [0.25, 0.3) is 0 Å². The molecule has 3 nitrogen and oxygen atoms in total.